The van der Waals surface area contributed by atoms with Crippen molar-refractivity contribution in [1.82, 2.24) is 25.1 Å². The van der Waals surface area contributed by atoms with E-state index in [9.17, 15) is 18.0 Å². The molecule has 5 rings (SSSR count). The number of nitrogens with zero attached hydrogens (tertiary/aromatic N) is 4. The molecule has 0 saturated carbocycles. The van der Waals surface area contributed by atoms with Gasteiger partial charge in [-0.1, -0.05) is 11.6 Å². The highest BCUT2D eigenvalue weighted by Crippen LogP contribution is 2.31. The van der Waals surface area contributed by atoms with Gasteiger partial charge in [-0.3, -0.25) is 15.0 Å². The van der Waals surface area contributed by atoms with Crippen molar-refractivity contribution in [3.05, 3.63) is 63.8 Å². The Bertz CT molecular complexity index is 1390. The molecule has 0 bridgehead atoms. The van der Waals surface area contributed by atoms with Gasteiger partial charge in [0.1, 0.15) is 5.82 Å². The van der Waals surface area contributed by atoms with Gasteiger partial charge in [-0.15, -0.1) is 11.3 Å². The van der Waals surface area contributed by atoms with E-state index in [1.54, 1.807) is 29.4 Å². The number of carbonyl (C=O) groups excluding carboxylic acids is 2. The Labute approximate surface area is 217 Å². The van der Waals surface area contributed by atoms with Gasteiger partial charge in [0, 0.05) is 36.6 Å². The first-order valence-electron chi connectivity index (χ1n) is 11.3. The zero-order chi connectivity index (χ0) is 25.4. The van der Waals surface area contributed by atoms with Gasteiger partial charge >= 0.3 is 6.03 Å². The zero-order valence-electron chi connectivity index (χ0n) is 19.4. The minimum absolute atomic E-state index is 0.0723. The molecule has 4 heterocycles. The molecule has 0 spiro atoms. The summed E-state index contributed by atoms with van der Waals surface area (Å²) in [6.07, 6.45) is 5.34. The standard InChI is InChI=1S/C23H25ClN6O4S2/c1-36(33,34)14-25-12-21-26-9-11-28(21)15-2-4-16(5-3-15)30-13-18-17(8-10-29(18)23(30)32)27-22(31)19-6-7-20(24)35-19/h2-7,9,11,17-18,25H,8,10,12-14H2,1H3,(H,27,31)/t17-,18-/m1/s1. The molecule has 0 aliphatic carbocycles. The van der Waals surface area contributed by atoms with Crippen LogP contribution in [0.2, 0.25) is 4.34 Å². The van der Waals surface area contributed by atoms with Crippen molar-refractivity contribution in [2.75, 3.05) is 30.1 Å². The third-order valence-electron chi connectivity index (χ3n) is 6.31. The maximum Gasteiger partial charge on any atom is 0.324 e. The number of aromatic nitrogens is 2. The first-order chi connectivity index (χ1) is 17.2. The molecule has 2 fully saturated rings. The lowest BCUT2D eigenvalue weighted by atomic mass is 10.1. The Hall–Kier alpha value is -2.93. The number of nitrogens with one attached hydrogen (secondary N) is 2. The first kappa shape index (κ1) is 24.8. The van der Waals surface area contributed by atoms with Crippen LogP contribution in [-0.4, -0.2) is 72.1 Å². The summed E-state index contributed by atoms with van der Waals surface area (Å²) >= 11 is 7.19. The summed E-state index contributed by atoms with van der Waals surface area (Å²) in [5, 5.41) is 5.96. The van der Waals surface area contributed by atoms with Crippen molar-refractivity contribution < 1.29 is 18.0 Å². The molecule has 13 heteroatoms. The molecule has 3 aromatic rings. The molecule has 3 amide bonds. The molecule has 2 aliphatic rings. The van der Waals surface area contributed by atoms with Crippen molar-refractivity contribution in [3.8, 4) is 5.69 Å². The van der Waals surface area contributed by atoms with Crippen molar-refractivity contribution in [3.63, 3.8) is 0 Å². The lowest BCUT2D eigenvalue weighted by Crippen LogP contribution is -2.44. The number of carbonyl (C=O) groups is 2. The summed E-state index contributed by atoms with van der Waals surface area (Å²) in [4.78, 5) is 34.1. The summed E-state index contributed by atoms with van der Waals surface area (Å²) in [6, 6.07) is 10.7. The quantitative estimate of drug-likeness (QED) is 0.447. The van der Waals surface area contributed by atoms with Crippen LogP contribution in [0.15, 0.2) is 48.8 Å². The third-order valence-corrected chi connectivity index (χ3v) is 8.27. The Morgan fingerprint density at radius 1 is 1.19 bits per heavy atom. The topological polar surface area (TPSA) is 117 Å². The van der Waals surface area contributed by atoms with Crippen molar-refractivity contribution >= 4 is 50.4 Å². The maximum atomic E-state index is 13.1. The number of anilines is 1. The molecule has 1 aromatic carbocycles. The van der Waals surface area contributed by atoms with Gasteiger partial charge in [0.15, 0.2) is 9.84 Å². The molecule has 2 aromatic heterocycles. The van der Waals surface area contributed by atoms with Gasteiger partial charge in [0.05, 0.1) is 40.3 Å². The van der Waals surface area contributed by atoms with Crippen LogP contribution in [0.25, 0.3) is 5.69 Å². The van der Waals surface area contributed by atoms with Gasteiger partial charge in [-0.25, -0.2) is 18.2 Å². The Morgan fingerprint density at radius 2 is 1.94 bits per heavy atom. The smallest absolute Gasteiger partial charge is 0.324 e. The summed E-state index contributed by atoms with van der Waals surface area (Å²) in [6.45, 7) is 1.38. The second kappa shape index (κ2) is 9.85. The average molecular weight is 549 g/mol. The lowest BCUT2D eigenvalue weighted by molar-refractivity contribution is 0.0935. The molecular weight excluding hydrogens is 524 g/mol. The number of imidazole rings is 1. The van der Waals surface area contributed by atoms with Crippen LogP contribution in [0.3, 0.4) is 0 Å². The number of urea groups is 1. The highest BCUT2D eigenvalue weighted by molar-refractivity contribution is 7.90. The van der Waals surface area contributed by atoms with Gasteiger partial charge in [0.2, 0.25) is 0 Å². The Morgan fingerprint density at radius 3 is 2.64 bits per heavy atom. The molecule has 190 valence electrons. The second-order valence-corrected chi connectivity index (χ2v) is 12.7. The van der Waals surface area contributed by atoms with Crippen molar-refractivity contribution in [2.45, 2.75) is 25.0 Å². The fraction of sp³-hybridized carbons (Fsp3) is 0.348. The van der Waals surface area contributed by atoms with E-state index in [4.69, 9.17) is 11.6 Å². The van der Waals surface area contributed by atoms with E-state index in [0.29, 0.717) is 41.1 Å². The van der Waals surface area contributed by atoms with Crippen LogP contribution < -0.4 is 15.5 Å². The van der Waals surface area contributed by atoms with E-state index in [1.165, 1.54) is 17.6 Å². The molecule has 2 saturated heterocycles. The van der Waals surface area contributed by atoms with E-state index < -0.39 is 9.84 Å². The molecule has 0 unspecified atom stereocenters. The van der Waals surface area contributed by atoms with Gasteiger partial charge in [0.25, 0.3) is 5.91 Å². The largest absolute Gasteiger partial charge is 0.346 e. The summed E-state index contributed by atoms with van der Waals surface area (Å²) in [7, 11) is -3.12. The SMILES string of the molecule is CS(=O)(=O)CNCc1nccn1-c1ccc(N2C[C@@H]3[C@H](NC(=O)c4ccc(Cl)s4)CCN3C2=O)cc1. The molecular formula is C23H25ClN6O4S2. The summed E-state index contributed by atoms with van der Waals surface area (Å²) in [5.74, 6) is 0.377. The maximum absolute atomic E-state index is 13.1. The predicted molar refractivity (Wildman–Crippen MR) is 139 cm³/mol. The van der Waals surface area contributed by atoms with E-state index in [-0.39, 0.29) is 29.9 Å². The molecule has 2 N–H and O–H groups in total. The van der Waals surface area contributed by atoms with Crippen LogP contribution >= 0.6 is 22.9 Å². The minimum Gasteiger partial charge on any atom is -0.346 e. The first-order valence-corrected chi connectivity index (χ1v) is 14.6. The monoisotopic (exact) mass is 548 g/mol. The van der Waals surface area contributed by atoms with E-state index >= 15 is 0 Å². The fourth-order valence-corrected chi connectivity index (χ4v) is 6.06. The second-order valence-electron chi connectivity index (χ2n) is 8.85. The highest BCUT2D eigenvalue weighted by Gasteiger charge is 2.46. The summed E-state index contributed by atoms with van der Waals surface area (Å²) in [5.41, 5.74) is 1.62. The number of rotatable bonds is 8. The molecule has 36 heavy (non-hydrogen) atoms. The predicted octanol–water partition coefficient (Wildman–Crippen LogP) is 2.49. The highest BCUT2D eigenvalue weighted by atomic mass is 35.5. The average Bonchev–Trinajstić information content (AvgIpc) is 3.61. The van der Waals surface area contributed by atoms with Crippen molar-refractivity contribution in [1.29, 1.82) is 0 Å². The Balaban J connectivity index is 1.25. The molecule has 2 aliphatic heterocycles. The number of hydrogen-bond donors (Lipinski definition) is 2. The van der Waals surface area contributed by atoms with E-state index in [2.05, 4.69) is 15.6 Å². The number of halogens is 1. The third kappa shape index (κ3) is 5.12. The van der Waals surface area contributed by atoms with Crippen LogP contribution in [0.5, 0.6) is 0 Å². The number of sulfone groups is 1. The molecule has 2 atom stereocenters. The van der Waals surface area contributed by atoms with Crippen LogP contribution in [-0.2, 0) is 16.4 Å². The molecule has 10 nitrogen and oxygen atoms in total. The van der Waals surface area contributed by atoms with Gasteiger partial charge < -0.3 is 14.8 Å². The van der Waals surface area contributed by atoms with Crippen LogP contribution in [0, 0.1) is 0 Å². The number of thiophene rings is 1. The number of benzene rings is 1. The normalized spacial score (nSPS) is 19.7. The fourth-order valence-electron chi connectivity index (χ4n) is 4.64. The van der Waals surface area contributed by atoms with E-state index in [0.717, 1.165) is 11.4 Å². The number of hydrogen-bond acceptors (Lipinski definition) is 7. The van der Waals surface area contributed by atoms with Crippen LogP contribution in [0.4, 0.5) is 10.5 Å². The van der Waals surface area contributed by atoms with Crippen LogP contribution in [0.1, 0.15) is 21.9 Å². The molecule has 0 radical (unpaired) electrons. The minimum atomic E-state index is -3.12. The Kier molecular flexibility index (Phi) is 6.77. The number of fused-ring (bicyclic) bond motifs is 1. The van der Waals surface area contributed by atoms with Crippen molar-refractivity contribution in [2.24, 2.45) is 0 Å². The van der Waals surface area contributed by atoms with Gasteiger partial charge in [-0.05, 0) is 42.8 Å². The van der Waals surface area contributed by atoms with Gasteiger partial charge in [-0.2, -0.15) is 0 Å². The lowest BCUT2D eigenvalue weighted by Gasteiger charge is -2.20. The number of amides is 3. The summed E-state index contributed by atoms with van der Waals surface area (Å²) < 4.78 is 25.2. The van der Waals surface area contributed by atoms with E-state index in [1.807, 2.05) is 33.7 Å². The zero-order valence-corrected chi connectivity index (χ0v) is 21.8.